The second kappa shape index (κ2) is 9.06. The fourth-order valence-electron chi connectivity index (χ4n) is 2.24. The maximum atomic E-state index is 12.3. The molecule has 0 aliphatic heterocycles. The molecule has 2 aromatic carbocycles. The Balaban J connectivity index is 2.04. The van der Waals surface area contributed by atoms with Gasteiger partial charge < -0.3 is 14.2 Å². The molecule has 0 aliphatic rings. The SMILES string of the molecule is COc1ccc(OC)c(/C=C/C(=O)OC(C)C(=O)c2ccc(Cl)cc2)c1. The summed E-state index contributed by atoms with van der Waals surface area (Å²) in [4.78, 5) is 24.3. The van der Waals surface area contributed by atoms with Gasteiger partial charge in [0.05, 0.1) is 14.2 Å². The van der Waals surface area contributed by atoms with Gasteiger partial charge in [-0.1, -0.05) is 11.6 Å². The number of Topliss-reactive ketones (excluding diaryl/α,β-unsaturated/α-hetero) is 1. The number of halogens is 1. The minimum Gasteiger partial charge on any atom is -0.497 e. The molecule has 0 aromatic heterocycles. The number of methoxy groups -OCH3 is 2. The van der Waals surface area contributed by atoms with Crippen molar-refractivity contribution in [3.8, 4) is 11.5 Å². The number of ketones is 1. The van der Waals surface area contributed by atoms with Crippen LogP contribution in [0.25, 0.3) is 6.08 Å². The monoisotopic (exact) mass is 374 g/mol. The zero-order valence-electron chi connectivity index (χ0n) is 14.7. The minimum atomic E-state index is -0.916. The average molecular weight is 375 g/mol. The Labute approximate surface area is 157 Å². The van der Waals surface area contributed by atoms with Crippen LogP contribution in [-0.4, -0.2) is 32.1 Å². The largest absolute Gasteiger partial charge is 0.497 e. The van der Waals surface area contributed by atoms with Gasteiger partial charge >= 0.3 is 5.97 Å². The predicted molar refractivity (Wildman–Crippen MR) is 99.9 cm³/mol. The number of hydrogen-bond donors (Lipinski definition) is 0. The van der Waals surface area contributed by atoms with Crippen LogP contribution in [0, 0.1) is 0 Å². The average Bonchev–Trinajstić information content (AvgIpc) is 2.66. The van der Waals surface area contributed by atoms with Crippen molar-refractivity contribution in [2.45, 2.75) is 13.0 Å². The normalized spacial score (nSPS) is 11.8. The quantitative estimate of drug-likeness (QED) is 0.413. The van der Waals surface area contributed by atoms with Gasteiger partial charge in [0.25, 0.3) is 0 Å². The van der Waals surface area contributed by atoms with E-state index in [1.54, 1.807) is 55.7 Å². The van der Waals surface area contributed by atoms with Crippen LogP contribution in [0.3, 0.4) is 0 Å². The van der Waals surface area contributed by atoms with Crippen molar-refractivity contribution < 1.29 is 23.8 Å². The zero-order valence-corrected chi connectivity index (χ0v) is 15.4. The standard InChI is InChI=1S/C20H19ClO5/c1-13(20(23)14-4-7-16(21)8-5-14)26-19(22)11-6-15-12-17(24-2)9-10-18(15)25-3/h4-13H,1-3H3/b11-6+. The van der Waals surface area contributed by atoms with Crippen LogP contribution >= 0.6 is 11.6 Å². The van der Waals surface area contributed by atoms with Gasteiger partial charge in [0.15, 0.2) is 6.10 Å². The third-order valence-electron chi connectivity index (χ3n) is 3.63. The highest BCUT2D eigenvalue weighted by atomic mass is 35.5. The molecule has 1 unspecified atom stereocenters. The van der Waals surface area contributed by atoms with E-state index in [-0.39, 0.29) is 5.78 Å². The maximum Gasteiger partial charge on any atom is 0.331 e. The molecule has 0 radical (unpaired) electrons. The molecule has 0 heterocycles. The minimum absolute atomic E-state index is 0.303. The Kier molecular flexibility index (Phi) is 6.81. The third-order valence-corrected chi connectivity index (χ3v) is 3.88. The van der Waals surface area contributed by atoms with E-state index in [4.69, 9.17) is 25.8 Å². The van der Waals surface area contributed by atoms with E-state index in [0.717, 1.165) is 0 Å². The number of carbonyl (C=O) groups excluding carboxylic acids is 2. The molecular weight excluding hydrogens is 356 g/mol. The lowest BCUT2D eigenvalue weighted by Gasteiger charge is -2.11. The Bertz CT molecular complexity index is 811. The van der Waals surface area contributed by atoms with Crippen LogP contribution < -0.4 is 9.47 Å². The summed E-state index contributed by atoms with van der Waals surface area (Å²) < 4.78 is 15.6. The van der Waals surface area contributed by atoms with E-state index < -0.39 is 12.1 Å². The number of ether oxygens (including phenoxy) is 3. The lowest BCUT2D eigenvalue weighted by atomic mass is 10.1. The first-order chi connectivity index (χ1) is 12.4. The molecule has 0 spiro atoms. The summed E-state index contributed by atoms with van der Waals surface area (Å²) in [6.07, 6.45) is 1.87. The van der Waals surface area contributed by atoms with Crippen molar-refractivity contribution in [2.75, 3.05) is 14.2 Å². The van der Waals surface area contributed by atoms with Crippen molar-refractivity contribution in [1.29, 1.82) is 0 Å². The number of rotatable bonds is 7. The second-order valence-corrected chi connectivity index (χ2v) is 5.83. The second-order valence-electron chi connectivity index (χ2n) is 5.39. The summed E-state index contributed by atoms with van der Waals surface area (Å²) in [5.74, 6) is 0.275. The third kappa shape index (κ3) is 5.10. The molecule has 0 fully saturated rings. The molecule has 6 heteroatoms. The van der Waals surface area contributed by atoms with Gasteiger partial charge in [-0.3, -0.25) is 4.79 Å². The molecule has 2 rings (SSSR count). The van der Waals surface area contributed by atoms with Crippen molar-refractivity contribution in [2.24, 2.45) is 0 Å². The molecule has 0 N–H and O–H groups in total. The highest BCUT2D eigenvalue weighted by Crippen LogP contribution is 2.25. The molecule has 0 aliphatic carbocycles. The number of esters is 1. The van der Waals surface area contributed by atoms with Gasteiger partial charge in [0.1, 0.15) is 11.5 Å². The molecule has 0 amide bonds. The smallest absolute Gasteiger partial charge is 0.331 e. The van der Waals surface area contributed by atoms with Crippen LogP contribution in [0.2, 0.25) is 5.02 Å². The summed E-state index contributed by atoms with van der Waals surface area (Å²) in [5, 5.41) is 0.529. The molecule has 26 heavy (non-hydrogen) atoms. The van der Waals surface area contributed by atoms with Gasteiger partial charge in [-0.25, -0.2) is 4.79 Å². The number of carbonyl (C=O) groups is 2. The maximum absolute atomic E-state index is 12.3. The molecule has 0 saturated heterocycles. The van der Waals surface area contributed by atoms with Crippen molar-refractivity contribution in [1.82, 2.24) is 0 Å². The lowest BCUT2D eigenvalue weighted by molar-refractivity contribution is -0.140. The first-order valence-corrected chi connectivity index (χ1v) is 8.23. The zero-order chi connectivity index (χ0) is 19.1. The Hall–Kier alpha value is -2.79. The van der Waals surface area contributed by atoms with Crippen LogP contribution in [0.5, 0.6) is 11.5 Å². The molecule has 1 atom stereocenters. The summed E-state index contributed by atoms with van der Waals surface area (Å²) in [7, 11) is 3.08. The van der Waals surface area contributed by atoms with E-state index >= 15 is 0 Å². The highest BCUT2D eigenvalue weighted by Gasteiger charge is 2.18. The van der Waals surface area contributed by atoms with Crippen molar-refractivity contribution >= 4 is 29.4 Å². The summed E-state index contributed by atoms with van der Waals surface area (Å²) in [6.45, 7) is 1.52. The predicted octanol–water partition coefficient (Wildman–Crippen LogP) is 4.19. The van der Waals surface area contributed by atoms with E-state index in [1.807, 2.05) is 0 Å². The molecule has 5 nitrogen and oxygen atoms in total. The summed E-state index contributed by atoms with van der Waals surface area (Å²) in [6, 6.07) is 11.6. The van der Waals surface area contributed by atoms with Gasteiger partial charge in [-0.15, -0.1) is 0 Å². The van der Waals surface area contributed by atoms with Crippen LogP contribution in [0.4, 0.5) is 0 Å². The van der Waals surface area contributed by atoms with Crippen LogP contribution in [-0.2, 0) is 9.53 Å². The molecular formula is C20H19ClO5. The fraction of sp³-hybridized carbons (Fsp3) is 0.200. The summed E-state index contributed by atoms with van der Waals surface area (Å²) >= 11 is 5.80. The number of benzene rings is 2. The van der Waals surface area contributed by atoms with Gasteiger partial charge in [0, 0.05) is 22.2 Å². The van der Waals surface area contributed by atoms with E-state index in [0.29, 0.717) is 27.6 Å². The molecule has 0 saturated carbocycles. The van der Waals surface area contributed by atoms with Crippen LogP contribution in [0.15, 0.2) is 48.5 Å². The van der Waals surface area contributed by atoms with Crippen molar-refractivity contribution in [3.05, 3.63) is 64.7 Å². The first kappa shape index (κ1) is 19.5. The Morgan fingerprint density at radius 1 is 1.04 bits per heavy atom. The van der Waals surface area contributed by atoms with E-state index in [1.165, 1.54) is 20.1 Å². The topological polar surface area (TPSA) is 61.8 Å². The van der Waals surface area contributed by atoms with E-state index in [2.05, 4.69) is 0 Å². The molecule has 136 valence electrons. The first-order valence-electron chi connectivity index (χ1n) is 7.85. The Morgan fingerprint density at radius 3 is 2.35 bits per heavy atom. The Morgan fingerprint density at radius 2 is 1.73 bits per heavy atom. The fourth-order valence-corrected chi connectivity index (χ4v) is 2.37. The lowest BCUT2D eigenvalue weighted by Crippen LogP contribution is -2.23. The molecule has 2 aromatic rings. The van der Waals surface area contributed by atoms with Gasteiger partial charge in [-0.2, -0.15) is 0 Å². The molecule has 0 bridgehead atoms. The van der Waals surface area contributed by atoms with Crippen molar-refractivity contribution in [3.63, 3.8) is 0 Å². The van der Waals surface area contributed by atoms with Gasteiger partial charge in [0.2, 0.25) is 5.78 Å². The van der Waals surface area contributed by atoms with Crippen LogP contribution in [0.1, 0.15) is 22.8 Å². The summed E-state index contributed by atoms with van der Waals surface area (Å²) in [5.41, 5.74) is 1.08. The van der Waals surface area contributed by atoms with E-state index in [9.17, 15) is 9.59 Å². The van der Waals surface area contributed by atoms with Gasteiger partial charge in [-0.05, 0) is 55.5 Å². The number of hydrogen-bond acceptors (Lipinski definition) is 5. The highest BCUT2D eigenvalue weighted by molar-refractivity contribution is 6.30.